The van der Waals surface area contributed by atoms with Crippen molar-refractivity contribution in [2.24, 2.45) is 0 Å². The molecule has 29 heavy (non-hydrogen) atoms. The van der Waals surface area contributed by atoms with E-state index in [1.165, 1.54) is 12.1 Å². The Hall–Kier alpha value is -3.26. The Bertz CT molecular complexity index is 907. The summed E-state index contributed by atoms with van der Waals surface area (Å²) in [6.45, 7) is 3.41. The van der Waals surface area contributed by atoms with E-state index in [-0.39, 0.29) is 35.8 Å². The summed E-state index contributed by atoms with van der Waals surface area (Å²) < 4.78 is 0. The van der Waals surface area contributed by atoms with Gasteiger partial charge in [-0.25, -0.2) is 0 Å². The van der Waals surface area contributed by atoms with Crippen LogP contribution in [0, 0.1) is 17.0 Å². The van der Waals surface area contributed by atoms with Crippen molar-refractivity contribution in [3.63, 3.8) is 0 Å². The molecule has 1 fully saturated rings. The highest BCUT2D eigenvalue weighted by Crippen LogP contribution is 2.23. The van der Waals surface area contributed by atoms with E-state index in [0.717, 1.165) is 18.4 Å². The predicted octanol–water partition coefficient (Wildman–Crippen LogP) is 2.74. The van der Waals surface area contributed by atoms with Gasteiger partial charge in [-0.15, -0.1) is 0 Å². The number of nitrogens with one attached hydrogen (secondary N) is 2. The zero-order valence-electron chi connectivity index (χ0n) is 16.3. The third-order valence-corrected chi connectivity index (χ3v) is 5.05. The van der Waals surface area contributed by atoms with Gasteiger partial charge in [-0.1, -0.05) is 30.3 Å². The zero-order valence-corrected chi connectivity index (χ0v) is 16.3. The van der Waals surface area contributed by atoms with Gasteiger partial charge in [0.15, 0.2) is 0 Å². The molecule has 0 bridgehead atoms. The molecule has 1 saturated heterocycles. The molecule has 0 radical (unpaired) electrons. The molecule has 3 rings (SSSR count). The van der Waals surface area contributed by atoms with Crippen molar-refractivity contribution in [1.29, 1.82) is 0 Å². The van der Waals surface area contributed by atoms with Gasteiger partial charge in [-0.2, -0.15) is 0 Å². The zero-order chi connectivity index (χ0) is 20.8. The fraction of sp³-hybridized carbons (Fsp3) is 0.333. The molecule has 0 aliphatic carbocycles. The van der Waals surface area contributed by atoms with Gasteiger partial charge in [0.25, 0.3) is 11.6 Å². The van der Waals surface area contributed by atoms with Gasteiger partial charge < -0.3 is 10.6 Å². The number of nitro groups is 1. The number of piperidine rings is 1. The number of anilines is 1. The molecule has 1 aliphatic rings. The number of nitrogens with zero attached hydrogens (tertiary/aromatic N) is 2. The van der Waals surface area contributed by atoms with E-state index < -0.39 is 4.92 Å². The van der Waals surface area contributed by atoms with Gasteiger partial charge in [0.2, 0.25) is 5.91 Å². The third-order valence-electron chi connectivity index (χ3n) is 5.05. The van der Waals surface area contributed by atoms with Gasteiger partial charge >= 0.3 is 0 Å². The second-order valence-electron chi connectivity index (χ2n) is 7.16. The van der Waals surface area contributed by atoms with Crippen LogP contribution >= 0.6 is 0 Å². The summed E-state index contributed by atoms with van der Waals surface area (Å²) in [5, 5.41) is 16.7. The maximum atomic E-state index is 12.4. The minimum absolute atomic E-state index is 0.0663. The number of nitro benzene ring substituents is 1. The number of carbonyl (C=O) groups excluding carboxylic acids is 2. The van der Waals surface area contributed by atoms with E-state index in [2.05, 4.69) is 10.6 Å². The average Bonchev–Trinajstić information content (AvgIpc) is 2.70. The highest BCUT2D eigenvalue weighted by molar-refractivity contribution is 5.96. The minimum Gasteiger partial charge on any atom is -0.349 e. The van der Waals surface area contributed by atoms with Crippen LogP contribution in [-0.4, -0.2) is 47.3 Å². The Morgan fingerprint density at radius 2 is 1.76 bits per heavy atom. The minimum atomic E-state index is -0.516. The first-order valence-corrected chi connectivity index (χ1v) is 9.56. The number of amides is 2. The number of rotatable bonds is 6. The van der Waals surface area contributed by atoms with Crippen LogP contribution in [0.2, 0.25) is 0 Å². The molecule has 2 aromatic carbocycles. The summed E-state index contributed by atoms with van der Waals surface area (Å²) in [7, 11) is 0. The smallest absolute Gasteiger partial charge is 0.292 e. The van der Waals surface area contributed by atoms with Crippen molar-refractivity contribution in [2.45, 2.75) is 25.8 Å². The van der Waals surface area contributed by atoms with Crippen molar-refractivity contribution < 1.29 is 14.5 Å². The molecule has 2 aromatic rings. The average molecular weight is 396 g/mol. The number of hydrogen-bond donors (Lipinski definition) is 2. The molecular weight excluding hydrogens is 372 g/mol. The molecule has 1 heterocycles. The number of aryl methyl sites for hydroxylation is 1. The molecule has 0 unspecified atom stereocenters. The van der Waals surface area contributed by atoms with Crippen molar-refractivity contribution in [3.05, 3.63) is 69.8 Å². The number of hydrogen-bond acceptors (Lipinski definition) is 5. The molecule has 0 aromatic heterocycles. The molecule has 152 valence electrons. The molecule has 2 amide bonds. The monoisotopic (exact) mass is 396 g/mol. The van der Waals surface area contributed by atoms with Crippen LogP contribution in [-0.2, 0) is 4.79 Å². The Labute approximate surface area is 169 Å². The molecule has 0 saturated carbocycles. The van der Waals surface area contributed by atoms with Crippen LogP contribution in [0.3, 0.4) is 0 Å². The number of benzene rings is 2. The quantitative estimate of drug-likeness (QED) is 0.577. The normalized spacial score (nSPS) is 14.9. The number of carbonyl (C=O) groups is 2. The lowest BCUT2D eigenvalue weighted by Gasteiger charge is -2.32. The van der Waals surface area contributed by atoms with E-state index in [9.17, 15) is 19.7 Å². The summed E-state index contributed by atoms with van der Waals surface area (Å²) in [5.41, 5.74) is 1.69. The Balaban J connectivity index is 1.47. The fourth-order valence-electron chi connectivity index (χ4n) is 3.46. The van der Waals surface area contributed by atoms with E-state index >= 15 is 0 Å². The van der Waals surface area contributed by atoms with Gasteiger partial charge in [-0.05, 0) is 37.5 Å². The van der Waals surface area contributed by atoms with Crippen molar-refractivity contribution in [3.8, 4) is 0 Å². The van der Waals surface area contributed by atoms with Crippen molar-refractivity contribution >= 4 is 23.2 Å². The Kier molecular flexibility index (Phi) is 6.56. The van der Waals surface area contributed by atoms with Crippen LogP contribution < -0.4 is 10.6 Å². The Morgan fingerprint density at radius 3 is 2.45 bits per heavy atom. The molecule has 8 nitrogen and oxygen atoms in total. The molecular formula is C21H24N4O4. The highest BCUT2D eigenvalue weighted by atomic mass is 16.6. The second-order valence-corrected chi connectivity index (χ2v) is 7.16. The van der Waals surface area contributed by atoms with Gasteiger partial charge in [0.05, 0.1) is 11.5 Å². The summed E-state index contributed by atoms with van der Waals surface area (Å²) in [4.78, 5) is 37.3. The summed E-state index contributed by atoms with van der Waals surface area (Å²) in [5.74, 6) is -0.364. The van der Waals surface area contributed by atoms with Crippen LogP contribution in [0.1, 0.15) is 28.8 Å². The van der Waals surface area contributed by atoms with Crippen molar-refractivity contribution in [2.75, 3.05) is 25.0 Å². The van der Waals surface area contributed by atoms with E-state index in [4.69, 9.17) is 0 Å². The molecule has 2 N–H and O–H groups in total. The standard InChI is InChI=1S/C21H24N4O4/c1-15-6-2-3-7-17(15)21(27)22-16-10-12-24(13-11-16)14-20(26)23-18-8-4-5-9-19(18)25(28)29/h2-9,16H,10-14H2,1H3,(H,22,27)(H,23,26). The largest absolute Gasteiger partial charge is 0.349 e. The summed E-state index contributed by atoms with van der Waals surface area (Å²) >= 11 is 0. The predicted molar refractivity (Wildman–Crippen MR) is 110 cm³/mol. The van der Waals surface area contributed by atoms with E-state index in [1.807, 2.05) is 36.1 Å². The van der Waals surface area contributed by atoms with Crippen LogP contribution in [0.5, 0.6) is 0 Å². The topological polar surface area (TPSA) is 105 Å². The first kappa shape index (κ1) is 20.5. The lowest BCUT2D eigenvalue weighted by atomic mass is 10.0. The summed E-state index contributed by atoms with van der Waals surface area (Å²) in [6, 6.07) is 13.6. The molecule has 0 spiro atoms. The summed E-state index contributed by atoms with van der Waals surface area (Å²) in [6.07, 6.45) is 1.49. The third kappa shape index (κ3) is 5.39. The molecule has 8 heteroatoms. The maximum absolute atomic E-state index is 12.4. The van der Waals surface area contributed by atoms with E-state index in [0.29, 0.717) is 18.7 Å². The van der Waals surface area contributed by atoms with Gasteiger partial charge in [0, 0.05) is 30.8 Å². The first-order valence-electron chi connectivity index (χ1n) is 9.56. The first-order chi connectivity index (χ1) is 13.9. The lowest BCUT2D eigenvalue weighted by Crippen LogP contribution is -2.46. The van der Waals surface area contributed by atoms with Gasteiger partial charge in [0.1, 0.15) is 5.69 Å². The molecule has 0 atom stereocenters. The van der Waals surface area contributed by atoms with Crippen molar-refractivity contribution in [1.82, 2.24) is 10.2 Å². The fourth-order valence-corrected chi connectivity index (χ4v) is 3.46. The maximum Gasteiger partial charge on any atom is 0.292 e. The lowest BCUT2D eigenvalue weighted by molar-refractivity contribution is -0.383. The van der Waals surface area contributed by atoms with E-state index in [1.54, 1.807) is 12.1 Å². The number of likely N-dealkylation sites (tertiary alicyclic amines) is 1. The second kappa shape index (κ2) is 9.29. The number of para-hydroxylation sites is 2. The highest BCUT2D eigenvalue weighted by Gasteiger charge is 2.23. The van der Waals surface area contributed by atoms with Crippen LogP contribution in [0.25, 0.3) is 0 Å². The van der Waals surface area contributed by atoms with Crippen LogP contribution in [0.15, 0.2) is 48.5 Å². The molecule has 1 aliphatic heterocycles. The Morgan fingerprint density at radius 1 is 1.10 bits per heavy atom. The SMILES string of the molecule is Cc1ccccc1C(=O)NC1CCN(CC(=O)Nc2ccccc2[N+](=O)[O-])CC1. The van der Waals surface area contributed by atoms with Gasteiger partial charge in [-0.3, -0.25) is 24.6 Å². The van der Waals surface area contributed by atoms with Crippen LogP contribution in [0.4, 0.5) is 11.4 Å².